The van der Waals surface area contributed by atoms with Crippen molar-refractivity contribution in [1.82, 2.24) is 0 Å². The van der Waals surface area contributed by atoms with Gasteiger partial charge in [0.2, 0.25) is 5.75 Å². The number of benzene rings is 2. The summed E-state index contributed by atoms with van der Waals surface area (Å²) < 4.78 is 6.37. The average molecular weight is 352 g/mol. The van der Waals surface area contributed by atoms with Crippen molar-refractivity contribution in [2.24, 2.45) is 0 Å². The number of aliphatic hydroxyl groups is 1. The fourth-order valence-electron chi connectivity index (χ4n) is 2.01. The molecule has 0 spiro atoms. The Morgan fingerprint density at radius 2 is 1.95 bits per heavy atom. The highest BCUT2D eigenvalue weighted by Crippen LogP contribution is 2.38. The Kier molecular flexibility index (Phi) is 4.59. The Morgan fingerprint density at radius 3 is 2.52 bits per heavy atom. The lowest BCUT2D eigenvalue weighted by molar-refractivity contribution is -0.385. The standard InChI is InChI=1S/C15H14BrNO4/c1-9-5-11(8-18)3-4-14(9)21-15-10(2)6-12(16)7-13(15)17(19)20/h3-7,18H,8H2,1-2H3. The summed E-state index contributed by atoms with van der Waals surface area (Å²) in [5.41, 5.74) is 2.15. The lowest BCUT2D eigenvalue weighted by Gasteiger charge is -2.12. The van der Waals surface area contributed by atoms with E-state index in [-0.39, 0.29) is 18.0 Å². The number of nitro benzene ring substituents is 1. The predicted octanol–water partition coefficient (Wildman–Crippen LogP) is 4.26. The molecule has 2 aromatic carbocycles. The molecule has 0 heterocycles. The van der Waals surface area contributed by atoms with Gasteiger partial charge in [0.25, 0.3) is 0 Å². The van der Waals surface area contributed by atoms with Gasteiger partial charge in [-0.25, -0.2) is 0 Å². The van der Waals surface area contributed by atoms with Crippen LogP contribution >= 0.6 is 15.9 Å². The van der Waals surface area contributed by atoms with Gasteiger partial charge in [0, 0.05) is 10.5 Å². The maximum Gasteiger partial charge on any atom is 0.312 e. The normalized spacial score (nSPS) is 10.5. The SMILES string of the molecule is Cc1cc(CO)ccc1Oc1c(C)cc(Br)cc1[N+](=O)[O-]. The zero-order valence-corrected chi connectivity index (χ0v) is 13.2. The third-order valence-electron chi connectivity index (χ3n) is 3.05. The minimum atomic E-state index is -0.468. The van der Waals surface area contributed by atoms with Crippen LogP contribution in [0.2, 0.25) is 0 Å². The van der Waals surface area contributed by atoms with Crippen molar-refractivity contribution < 1.29 is 14.8 Å². The quantitative estimate of drug-likeness (QED) is 0.659. The first kappa shape index (κ1) is 15.5. The van der Waals surface area contributed by atoms with Crippen molar-refractivity contribution in [3.05, 3.63) is 61.6 Å². The molecule has 2 rings (SSSR count). The van der Waals surface area contributed by atoms with E-state index in [1.54, 1.807) is 31.2 Å². The molecule has 0 radical (unpaired) electrons. The molecule has 0 saturated carbocycles. The van der Waals surface area contributed by atoms with E-state index in [1.165, 1.54) is 6.07 Å². The number of nitro groups is 1. The molecule has 6 heteroatoms. The molecule has 0 atom stereocenters. The first-order chi connectivity index (χ1) is 9.92. The minimum Gasteiger partial charge on any atom is -0.450 e. The Labute approximate surface area is 130 Å². The summed E-state index contributed by atoms with van der Waals surface area (Å²) in [6, 6.07) is 8.39. The van der Waals surface area contributed by atoms with E-state index in [9.17, 15) is 10.1 Å². The summed E-state index contributed by atoms with van der Waals surface area (Å²) in [6.45, 7) is 3.53. The van der Waals surface area contributed by atoms with Gasteiger partial charge in [0.05, 0.1) is 11.5 Å². The summed E-state index contributed by atoms with van der Waals surface area (Å²) in [7, 11) is 0. The van der Waals surface area contributed by atoms with Gasteiger partial charge in [-0.3, -0.25) is 10.1 Å². The van der Waals surface area contributed by atoms with E-state index < -0.39 is 4.92 Å². The van der Waals surface area contributed by atoms with Crippen LogP contribution < -0.4 is 4.74 Å². The third-order valence-corrected chi connectivity index (χ3v) is 3.51. The Hall–Kier alpha value is -1.92. The largest absolute Gasteiger partial charge is 0.450 e. The smallest absolute Gasteiger partial charge is 0.312 e. The first-order valence-corrected chi connectivity index (χ1v) is 7.04. The van der Waals surface area contributed by atoms with Gasteiger partial charge >= 0.3 is 5.69 Å². The van der Waals surface area contributed by atoms with Crippen LogP contribution in [0.4, 0.5) is 5.69 Å². The van der Waals surface area contributed by atoms with Gasteiger partial charge in [-0.2, -0.15) is 0 Å². The topological polar surface area (TPSA) is 72.6 Å². The van der Waals surface area contributed by atoms with Crippen LogP contribution in [0.1, 0.15) is 16.7 Å². The number of hydrogen-bond acceptors (Lipinski definition) is 4. The van der Waals surface area contributed by atoms with Gasteiger partial charge < -0.3 is 9.84 Å². The zero-order chi connectivity index (χ0) is 15.6. The van der Waals surface area contributed by atoms with Crippen LogP contribution in [-0.2, 0) is 6.61 Å². The number of rotatable bonds is 4. The highest BCUT2D eigenvalue weighted by molar-refractivity contribution is 9.10. The van der Waals surface area contributed by atoms with Gasteiger partial charge in [-0.15, -0.1) is 0 Å². The zero-order valence-electron chi connectivity index (χ0n) is 11.6. The Bertz CT molecular complexity index is 700. The summed E-state index contributed by atoms with van der Waals surface area (Å²) >= 11 is 3.25. The summed E-state index contributed by atoms with van der Waals surface area (Å²) in [4.78, 5) is 10.7. The number of ether oxygens (including phenoxy) is 1. The van der Waals surface area contributed by atoms with Crippen LogP contribution in [0.15, 0.2) is 34.8 Å². The van der Waals surface area contributed by atoms with Crippen molar-refractivity contribution in [2.45, 2.75) is 20.5 Å². The maximum atomic E-state index is 11.2. The van der Waals surface area contributed by atoms with Gasteiger partial charge in [-0.1, -0.05) is 28.1 Å². The second-order valence-corrected chi connectivity index (χ2v) is 5.60. The van der Waals surface area contributed by atoms with Crippen molar-refractivity contribution in [3.63, 3.8) is 0 Å². The minimum absolute atomic E-state index is 0.0570. The van der Waals surface area contributed by atoms with E-state index in [2.05, 4.69) is 15.9 Å². The third kappa shape index (κ3) is 3.40. The lowest BCUT2D eigenvalue weighted by atomic mass is 10.1. The monoisotopic (exact) mass is 351 g/mol. The number of aliphatic hydroxyl groups excluding tert-OH is 1. The van der Waals surface area contributed by atoms with Crippen LogP contribution in [0, 0.1) is 24.0 Å². The summed E-state index contributed by atoms with van der Waals surface area (Å²) in [5.74, 6) is 0.753. The van der Waals surface area contributed by atoms with Crippen molar-refractivity contribution in [1.29, 1.82) is 0 Å². The number of hydrogen-bond donors (Lipinski definition) is 1. The molecule has 0 aliphatic rings. The molecular weight excluding hydrogens is 338 g/mol. The van der Waals surface area contributed by atoms with Crippen LogP contribution in [-0.4, -0.2) is 10.0 Å². The molecule has 0 amide bonds. The van der Waals surface area contributed by atoms with E-state index in [0.717, 1.165) is 11.1 Å². The molecule has 0 aliphatic heterocycles. The molecule has 1 N–H and O–H groups in total. The van der Waals surface area contributed by atoms with Crippen LogP contribution in [0.25, 0.3) is 0 Å². The molecule has 0 saturated heterocycles. The van der Waals surface area contributed by atoms with Crippen molar-refractivity contribution >= 4 is 21.6 Å². The van der Waals surface area contributed by atoms with Crippen molar-refractivity contribution in [3.8, 4) is 11.5 Å². The molecule has 0 aliphatic carbocycles. The van der Waals surface area contributed by atoms with E-state index in [0.29, 0.717) is 15.8 Å². The first-order valence-electron chi connectivity index (χ1n) is 6.25. The van der Waals surface area contributed by atoms with Gasteiger partial charge in [0.1, 0.15) is 5.75 Å². The Balaban J connectivity index is 2.46. The molecule has 5 nitrogen and oxygen atoms in total. The summed E-state index contributed by atoms with van der Waals surface area (Å²) in [6.07, 6.45) is 0. The van der Waals surface area contributed by atoms with Crippen LogP contribution in [0.3, 0.4) is 0 Å². The molecule has 21 heavy (non-hydrogen) atoms. The van der Waals surface area contributed by atoms with Crippen molar-refractivity contribution in [2.75, 3.05) is 0 Å². The summed E-state index contributed by atoms with van der Waals surface area (Å²) in [5, 5.41) is 20.3. The molecule has 0 aromatic heterocycles. The molecule has 0 bridgehead atoms. The molecule has 0 unspecified atom stereocenters. The fraction of sp³-hybridized carbons (Fsp3) is 0.200. The molecule has 2 aromatic rings. The second-order valence-electron chi connectivity index (χ2n) is 4.69. The lowest BCUT2D eigenvalue weighted by Crippen LogP contribution is -1.97. The van der Waals surface area contributed by atoms with Crippen LogP contribution in [0.5, 0.6) is 11.5 Å². The molecule has 0 fully saturated rings. The van der Waals surface area contributed by atoms with Gasteiger partial charge in [-0.05, 0) is 42.7 Å². The predicted molar refractivity (Wildman–Crippen MR) is 82.7 cm³/mol. The highest BCUT2D eigenvalue weighted by atomic mass is 79.9. The number of halogens is 1. The number of nitrogens with zero attached hydrogens (tertiary/aromatic N) is 1. The highest BCUT2D eigenvalue weighted by Gasteiger charge is 2.20. The maximum absolute atomic E-state index is 11.2. The molecular formula is C15H14BrNO4. The molecule has 110 valence electrons. The van der Waals surface area contributed by atoms with E-state index in [4.69, 9.17) is 9.84 Å². The van der Waals surface area contributed by atoms with Gasteiger partial charge in [0.15, 0.2) is 0 Å². The fourth-order valence-corrected chi connectivity index (χ4v) is 2.58. The average Bonchev–Trinajstić information content (AvgIpc) is 2.42. The van der Waals surface area contributed by atoms with E-state index >= 15 is 0 Å². The van der Waals surface area contributed by atoms with E-state index in [1.807, 2.05) is 6.92 Å². The Morgan fingerprint density at radius 1 is 1.24 bits per heavy atom. The second kappa shape index (κ2) is 6.24. The number of aryl methyl sites for hydroxylation is 2.